The number of hydrazine groups is 1. The van der Waals surface area contributed by atoms with E-state index in [1.54, 1.807) is 12.1 Å². The van der Waals surface area contributed by atoms with Crippen molar-refractivity contribution in [2.45, 2.75) is 6.42 Å². The summed E-state index contributed by atoms with van der Waals surface area (Å²) in [4.78, 5) is 23.5. The molecule has 0 radical (unpaired) electrons. The van der Waals surface area contributed by atoms with Crippen molar-refractivity contribution in [1.82, 2.24) is 10.9 Å². The van der Waals surface area contributed by atoms with E-state index in [1.807, 2.05) is 0 Å². The Balaban J connectivity index is 1.90. The summed E-state index contributed by atoms with van der Waals surface area (Å²) >= 11 is 5.70. The average Bonchev–Trinajstić information content (AvgIpc) is 2.47. The Kier molecular flexibility index (Phi) is 4.85. The second-order valence-electron chi connectivity index (χ2n) is 4.52. The van der Waals surface area contributed by atoms with Crippen LogP contribution in [0.25, 0.3) is 0 Å². The second kappa shape index (κ2) is 6.82. The van der Waals surface area contributed by atoms with Gasteiger partial charge in [-0.05, 0) is 35.9 Å². The zero-order valence-electron chi connectivity index (χ0n) is 11.3. The number of carbonyl (C=O) groups is 2. The molecule has 2 aromatic rings. The third kappa shape index (κ3) is 4.13. The summed E-state index contributed by atoms with van der Waals surface area (Å²) in [6.07, 6.45) is 0.00497. The van der Waals surface area contributed by atoms with Gasteiger partial charge >= 0.3 is 0 Å². The molecule has 0 spiro atoms. The molecular formula is C15H13ClN2O4. The van der Waals surface area contributed by atoms with E-state index in [1.165, 1.54) is 30.3 Å². The van der Waals surface area contributed by atoms with Gasteiger partial charge in [0.15, 0.2) is 0 Å². The molecule has 0 aliphatic carbocycles. The molecule has 0 saturated heterocycles. The maximum absolute atomic E-state index is 11.8. The van der Waals surface area contributed by atoms with Crippen LogP contribution in [0.2, 0.25) is 5.02 Å². The molecule has 2 aromatic carbocycles. The first-order valence-corrected chi connectivity index (χ1v) is 6.69. The van der Waals surface area contributed by atoms with E-state index >= 15 is 0 Å². The fourth-order valence-corrected chi connectivity index (χ4v) is 1.92. The van der Waals surface area contributed by atoms with Crippen LogP contribution >= 0.6 is 11.6 Å². The monoisotopic (exact) mass is 320 g/mol. The number of benzene rings is 2. The molecule has 114 valence electrons. The van der Waals surface area contributed by atoms with E-state index in [9.17, 15) is 19.8 Å². The summed E-state index contributed by atoms with van der Waals surface area (Å²) in [5.74, 6) is -1.07. The number of amides is 2. The predicted molar refractivity (Wildman–Crippen MR) is 80.5 cm³/mol. The summed E-state index contributed by atoms with van der Waals surface area (Å²) < 4.78 is 0. The minimum absolute atomic E-state index is 0.00497. The molecule has 4 N–H and O–H groups in total. The Morgan fingerprint density at radius 2 is 1.82 bits per heavy atom. The van der Waals surface area contributed by atoms with Crippen molar-refractivity contribution in [3.63, 3.8) is 0 Å². The lowest BCUT2D eigenvalue weighted by atomic mass is 10.1. The first-order valence-electron chi connectivity index (χ1n) is 6.31. The Labute approximate surface area is 131 Å². The quantitative estimate of drug-likeness (QED) is 0.648. The van der Waals surface area contributed by atoms with Crippen LogP contribution < -0.4 is 10.9 Å². The average molecular weight is 321 g/mol. The zero-order chi connectivity index (χ0) is 16.1. The van der Waals surface area contributed by atoms with Gasteiger partial charge in [-0.25, -0.2) is 0 Å². The molecule has 6 nitrogen and oxygen atoms in total. The molecule has 0 heterocycles. The van der Waals surface area contributed by atoms with E-state index in [0.717, 1.165) is 0 Å². The number of halogens is 1. The maximum atomic E-state index is 11.8. The zero-order valence-corrected chi connectivity index (χ0v) is 12.1. The van der Waals surface area contributed by atoms with E-state index in [4.69, 9.17) is 11.6 Å². The highest BCUT2D eigenvalue weighted by atomic mass is 35.5. The van der Waals surface area contributed by atoms with Crippen LogP contribution in [0.3, 0.4) is 0 Å². The van der Waals surface area contributed by atoms with Gasteiger partial charge in [0, 0.05) is 5.56 Å². The van der Waals surface area contributed by atoms with Gasteiger partial charge in [0.05, 0.1) is 11.4 Å². The van der Waals surface area contributed by atoms with Gasteiger partial charge < -0.3 is 10.2 Å². The van der Waals surface area contributed by atoms with Crippen LogP contribution in [0.5, 0.6) is 11.5 Å². The molecule has 2 rings (SSSR count). The van der Waals surface area contributed by atoms with Crippen molar-refractivity contribution in [2.24, 2.45) is 0 Å². The van der Waals surface area contributed by atoms with E-state index in [-0.39, 0.29) is 28.5 Å². The minimum atomic E-state index is -0.564. The fraction of sp³-hybridized carbons (Fsp3) is 0.0667. The van der Waals surface area contributed by atoms with Gasteiger partial charge in [-0.1, -0.05) is 23.7 Å². The van der Waals surface area contributed by atoms with Crippen LogP contribution in [0, 0.1) is 0 Å². The lowest BCUT2D eigenvalue weighted by Crippen LogP contribution is -2.42. The van der Waals surface area contributed by atoms with E-state index in [0.29, 0.717) is 5.56 Å². The van der Waals surface area contributed by atoms with Crippen LogP contribution in [-0.2, 0) is 11.2 Å². The summed E-state index contributed by atoms with van der Waals surface area (Å²) in [5, 5.41) is 18.6. The molecule has 0 atom stereocenters. The van der Waals surface area contributed by atoms with Crippen LogP contribution in [-0.4, -0.2) is 22.0 Å². The van der Waals surface area contributed by atoms with Gasteiger partial charge in [0.2, 0.25) is 5.91 Å². The number of hydrogen-bond donors (Lipinski definition) is 4. The Hall–Kier alpha value is -2.73. The van der Waals surface area contributed by atoms with Crippen molar-refractivity contribution in [3.8, 4) is 11.5 Å². The largest absolute Gasteiger partial charge is 0.508 e. The lowest BCUT2D eigenvalue weighted by Gasteiger charge is -2.08. The Bertz CT molecular complexity index is 718. The van der Waals surface area contributed by atoms with Gasteiger partial charge in [-0.3, -0.25) is 20.4 Å². The fourth-order valence-electron chi connectivity index (χ4n) is 1.74. The Morgan fingerprint density at radius 1 is 1.05 bits per heavy atom. The molecule has 0 aliphatic rings. The van der Waals surface area contributed by atoms with E-state index < -0.39 is 11.8 Å². The van der Waals surface area contributed by atoms with Gasteiger partial charge in [0.1, 0.15) is 11.5 Å². The first-order chi connectivity index (χ1) is 10.5. The highest BCUT2D eigenvalue weighted by Gasteiger charge is 2.10. The van der Waals surface area contributed by atoms with Gasteiger partial charge in [-0.15, -0.1) is 0 Å². The third-order valence-corrected chi connectivity index (χ3v) is 3.10. The number of hydrogen-bond acceptors (Lipinski definition) is 4. The van der Waals surface area contributed by atoms with E-state index in [2.05, 4.69) is 10.9 Å². The van der Waals surface area contributed by atoms with Crippen molar-refractivity contribution in [3.05, 3.63) is 58.6 Å². The lowest BCUT2D eigenvalue weighted by molar-refractivity contribution is -0.121. The van der Waals surface area contributed by atoms with Crippen LogP contribution in [0.15, 0.2) is 42.5 Å². The Morgan fingerprint density at radius 3 is 2.50 bits per heavy atom. The topological polar surface area (TPSA) is 98.7 Å². The summed E-state index contributed by atoms with van der Waals surface area (Å²) in [7, 11) is 0. The van der Waals surface area contributed by atoms with Gasteiger partial charge in [-0.2, -0.15) is 0 Å². The number of carbonyl (C=O) groups excluding carboxylic acids is 2. The second-order valence-corrected chi connectivity index (χ2v) is 4.92. The molecule has 0 aromatic heterocycles. The molecule has 7 heteroatoms. The number of phenols is 2. The SMILES string of the molecule is O=C(Cc1cccc(O)c1)NNC(=O)c1ccc(O)c(Cl)c1. The van der Waals surface area contributed by atoms with Crippen LogP contribution in [0.1, 0.15) is 15.9 Å². The molecule has 0 aliphatic heterocycles. The molecular weight excluding hydrogens is 308 g/mol. The van der Waals surface area contributed by atoms with Crippen molar-refractivity contribution < 1.29 is 19.8 Å². The summed E-state index contributed by atoms with van der Waals surface area (Å²) in [5.41, 5.74) is 5.30. The van der Waals surface area contributed by atoms with Crippen LogP contribution in [0.4, 0.5) is 0 Å². The smallest absolute Gasteiger partial charge is 0.269 e. The number of aromatic hydroxyl groups is 2. The normalized spacial score (nSPS) is 10.0. The molecule has 0 fully saturated rings. The molecule has 0 bridgehead atoms. The number of rotatable bonds is 3. The van der Waals surface area contributed by atoms with Crippen molar-refractivity contribution >= 4 is 23.4 Å². The van der Waals surface area contributed by atoms with Crippen molar-refractivity contribution in [1.29, 1.82) is 0 Å². The highest BCUT2D eigenvalue weighted by Crippen LogP contribution is 2.23. The molecule has 0 saturated carbocycles. The predicted octanol–water partition coefficient (Wildman–Crippen LogP) is 1.75. The maximum Gasteiger partial charge on any atom is 0.269 e. The third-order valence-electron chi connectivity index (χ3n) is 2.80. The summed E-state index contributed by atoms with van der Waals surface area (Å²) in [6, 6.07) is 10.2. The minimum Gasteiger partial charge on any atom is -0.508 e. The summed E-state index contributed by atoms with van der Waals surface area (Å²) in [6.45, 7) is 0. The van der Waals surface area contributed by atoms with Gasteiger partial charge in [0.25, 0.3) is 5.91 Å². The number of phenolic OH excluding ortho intramolecular Hbond substituents is 2. The first kappa shape index (κ1) is 15.7. The number of nitrogens with one attached hydrogen (secondary N) is 2. The molecule has 2 amide bonds. The standard InChI is InChI=1S/C15H13ClN2O4/c16-12-8-10(4-5-13(12)20)15(22)18-17-14(21)7-9-2-1-3-11(19)6-9/h1-6,8,19-20H,7H2,(H,17,21)(H,18,22). The highest BCUT2D eigenvalue weighted by molar-refractivity contribution is 6.32. The van der Waals surface area contributed by atoms with Crippen molar-refractivity contribution in [2.75, 3.05) is 0 Å². The molecule has 0 unspecified atom stereocenters. The molecule has 22 heavy (non-hydrogen) atoms.